The summed E-state index contributed by atoms with van der Waals surface area (Å²) >= 11 is 0. The van der Waals surface area contributed by atoms with E-state index in [0.717, 1.165) is 0 Å². The summed E-state index contributed by atoms with van der Waals surface area (Å²) in [5, 5.41) is 0. The predicted octanol–water partition coefficient (Wildman–Crippen LogP) is 3.92. The average Bonchev–Trinajstić information content (AvgIpc) is 2.63. The molecule has 0 radical (unpaired) electrons. The zero-order chi connectivity index (χ0) is 19.8. The van der Waals surface area contributed by atoms with Gasteiger partial charge >= 0.3 is 6.18 Å². The fraction of sp³-hybridized carbons (Fsp3) is 0.947. The Morgan fingerprint density at radius 3 is 2.15 bits per heavy atom. The predicted molar refractivity (Wildman–Crippen MR) is 88.7 cm³/mol. The molecule has 2 aliphatic heterocycles. The Bertz CT molecular complexity index is 510. The van der Waals surface area contributed by atoms with Gasteiger partial charge in [0.05, 0.1) is 25.7 Å². The highest BCUT2D eigenvalue weighted by atomic mass is 19.4. The second-order valence-electron chi connectivity index (χ2n) is 8.37. The van der Waals surface area contributed by atoms with Crippen molar-refractivity contribution >= 4 is 5.78 Å². The normalized spacial score (nSPS) is 44.1. The minimum atomic E-state index is -4.73. The Morgan fingerprint density at radius 1 is 0.926 bits per heavy atom. The number of rotatable bonds is 3. The number of ketones is 1. The van der Waals surface area contributed by atoms with Crippen LogP contribution in [0.2, 0.25) is 0 Å². The largest absolute Gasteiger partial charge is 0.395 e. The van der Waals surface area contributed by atoms with Gasteiger partial charge in [0.15, 0.2) is 12.1 Å². The molecule has 1 aliphatic carbocycles. The van der Waals surface area contributed by atoms with Gasteiger partial charge in [-0.3, -0.25) is 4.79 Å². The summed E-state index contributed by atoms with van der Waals surface area (Å²) in [4.78, 5) is 12.7. The molecular weight excluding hydrogens is 368 g/mol. The topological polar surface area (TPSA) is 44.8 Å². The number of Topliss-reactive ketones (excluding diaryl/α,β-unsaturated/α-hetero) is 1. The minimum Gasteiger partial charge on any atom is -0.370 e. The van der Waals surface area contributed by atoms with E-state index in [1.807, 2.05) is 6.92 Å². The third-order valence-corrected chi connectivity index (χ3v) is 6.10. The van der Waals surface area contributed by atoms with Crippen LogP contribution in [-0.4, -0.2) is 50.3 Å². The first-order valence-electron chi connectivity index (χ1n) is 9.77. The maximum atomic E-state index is 14.3. The van der Waals surface area contributed by atoms with Crippen molar-refractivity contribution in [2.45, 2.75) is 64.3 Å². The summed E-state index contributed by atoms with van der Waals surface area (Å²) in [6.45, 7) is 4.87. The van der Waals surface area contributed by atoms with E-state index in [1.165, 1.54) is 6.92 Å². The molecule has 0 aromatic carbocycles. The number of carbonyl (C=O) groups excluding carboxylic acids is 1. The Balaban J connectivity index is 1.59. The van der Waals surface area contributed by atoms with Crippen LogP contribution in [0.3, 0.4) is 0 Å². The average molecular weight is 396 g/mol. The van der Waals surface area contributed by atoms with E-state index in [1.54, 1.807) is 0 Å². The first-order valence-corrected chi connectivity index (χ1v) is 9.77. The van der Waals surface area contributed by atoms with Crippen LogP contribution in [0.15, 0.2) is 0 Å². The van der Waals surface area contributed by atoms with Crippen LogP contribution in [0.25, 0.3) is 0 Å². The van der Waals surface area contributed by atoms with Crippen molar-refractivity contribution in [3.63, 3.8) is 0 Å². The van der Waals surface area contributed by atoms with Crippen LogP contribution in [-0.2, 0) is 19.0 Å². The molecule has 6 unspecified atom stereocenters. The first-order chi connectivity index (χ1) is 12.7. The minimum absolute atomic E-state index is 0.0414. The molecule has 0 N–H and O–H groups in total. The van der Waals surface area contributed by atoms with Gasteiger partial charge in [-0.15, -0.1) is 0 Å². The van der Waals surface area contributed by atoms with Crippen molar-refractivity contribution in [2.24, 2.45) is 29.6 Å². The van der Waals surface area contributed by atoms with Gasteiger partial charge in [-0.2, -0.15) is 13.2 Å². The lowest BCUT2D eigenvalue weighted by Gasteiger charge is -2.41. The molecule has 2 saturated heterocycles. The maximum Gasteiger partial charge on any atom is 0.395 e. The van der Waals surface area contributed by atoms with Crippen LogP contribution in [0, 0.1) is 29.6 Å². The zero-order valence-corrected chi connectivity index (χ0v) is 15.7. The number of ether oxygens (including phenoxy) is 3. The highest BCUT2D eigenvalue weighted by Gasteiger charge is 2.56. The molecule has 27 heavy (non-hydrogen) atoms. The Labute approximate surface area is 156 Å². The van der Waals surface area contributed by atoms with E-state index in [0.29, 0.717) is 32.0 Å². The molecule has 0 aromatic heterocycles. The molecule has 4 nitrogen and oxygen atoms in total. The van der Waals surface area contributed by atoms with E-state index >= 15 is 0 Å². The van der Waals surface area contributed by atoms with Gasteiger partial charge < -0.3 is 14.2 Å². The molecule has 156 valence electrons. The molecule has 3 rings (SSSR count). The summed E-state index contributed by atoms with van der Waals surface area (Å²) in [5.41, 5.74) is 0. The van der Waals surface area contributed by atoms with Gasteiger partial charge in [0.25, 0.3) is 0 Å². The molecule has 3 aliphatic rings. The summed E-state index contributed by atoms with van der Waals surface area (Å²) in [6, 6.07) is 0. The fourth-order valence-corrected chi connectivity index (χ4v) is 4.42. The van der Waals surface area contributed by atoms with Crippen molar-refractivity contribution < 1.29 is 36.6 Å². The number of alkyl halides is 4. The van der Waals surface area contributed by atoms with Crippen LogP contribution in [0.5, 0.6) is 0 Å². The highest BCUT2D eigenvalue weighted by Crippen LogP contribution is 2.46. The second kappa shape index (κ2) is 8.33. The lowest BCUT2D eigenvalue weighted by atomic mass is 9.70. The number of halogens is 4. The van der Waals surface area contributed by atoms with Crippen molar-refractivity contribution in [1.29, 1.82) is 0 Å². The lowest BCUT2D eigenvalue weighted by Crippen LogP contribution is -2.50. The van der Waals surface area contributed by atoms with E-state index in [-0.39, 0.29) is 25.4 Å². The van der Waals surface area contributed by atoms with E-state index in [4.69, 9.17) is 14.2 Å². The Morgan fingerprint density at radius 2 is 1.59 bits per heavy atom. The summed E-state index contributed by atoms with van der Waals surface area (Å²) in [5.74, 6) is -4.62. The second-order valence-corrected chi connectivity index (χ2v) is 8.37. The smallest absolute Gasteiger partial charge is 0.370 e. The SMILES string of the molecule is CC1COC(C2CCC(C(=O)C3CCC(C)C(F)C3C(F)(F)F)OC2)OC1. The summed E-state index contributed by atoms with van der Waals surface area (Å²) < 4.78 is 71.4. The zero-order valence-electron chi connectivity index (χ0n) is 15.7. The van der Waals surface area contributed by atoms with Crippen LogP contribution >= 0.6 is 0 Å². The molecule has 8 heteroatoms. The number of hydrogen-bond acceptors (Lipinski definition) is 4. The highest BCUT2D eigenvalue weighted by molar-refractivity contribution is 5.86. The number of hydrogen-bond donors (Lipinski definition) is 0. The molecule has 6 atom stereocenters. The van der Waals surface area contributed by atoms with Gasteiger partial charge in [0.1, 0.15) is 12.3 Å². The molecule has 2 heterocycles. The van der Waals surface area contributed by atoms with Crippen LogP contribution in [0.1, 0.15) is 39.5 Å². The lowest BCUT2D eigenvalue weighted by molar-refractivity contribution is -0.240. The van der Waals surface area contributed by atoms with E-state index < -0.39 is 48.3 Å². The molecule has 3 fully saturated rings. The van der Waals surface area contributed by atoms with Crippen LogP contribution in [0.4, 0.5) is 17.6 Å². The van der Waals surface area contributed by atoms with Crippen molar-refractivity contribution in [1.82, 2.24) is 0 Å². The van der Waals surface area contributed by atoms with Gasteiger partial charge in [-0.25, -0.2) is 4.39 Å². The molecule has 0 aromatic rings. The van der Waals surface area contributed by atoms with E-state index in [2.05, 4.69) is 0 Å². The van der Waals surface area contributed by atoms with Crippen LogP contribution < -0.4 is 0 Å². The molecule has 0 spiro atoms. The first kappa shape index (κ1) is 21.0. The van der Waals surface area contributed by atoms with Crippen molar-refractivity contribution in [3.05, 3.63) is 0 Å². The monoisotopic (exact) mass is 396 g/mol. The standard InChI is InChI=1S/C19H28F4O4/c1-10-7-26-18(27-8-10)12-4-6-14(25-9-12)17(24)13-5-3-11(2)16(20)15(13)19(21,22)23/h10-16,18H,3-9H2,1-2H3. The molecular formula is C19H28F4O4. The Kier molecular flexibility index (Phi) is 6.48. The van der Waals surface area contributed by atoms with E-state index in [9.17, 15) is 22.4 Å². The van der Waals surface area contributed by atoms with Crippen molar-refractivity contribution in [2.75, 3.05) is 19.8 Å². The van der Waals surface area contributed by atoms with Gasteiger partial charge in [0.2, 0.25) is 0 Å². The van der Waals surface area contributed by atoms with Gasteiger partial charge in [-0.1, -0.05) is 13.8 Å². The van der Waals surface area contributed by atoms with Gasteiger partial charge in [0, 0.05) is 17.8 Å². The summed E-state index contributed by atoms with van der Waals surface area (Å²) in [7, 11) is 0. The number of carbonyl (C=O) groups is 1. The maximum absolute atomic E-state index is 14.3. The molecule has 0 amide bonds. The summed E-state index contributed by atoms with van der Waals surface area (Å²) in [6.07, 6.45) is -6.85. The third kappa shape index (κ3) is 4.65. The van der Waals surface area contributed by atoms with Crippen molar-refractivity contribution in [3.8, 4) is 0 Å². The quantitative estimate of drug-likeness (QED) is 0.679. The fourth-order valence-electron chi connectivity index (χ4n) is 4.42. The Hall–Kier alpha value is -0.730. The third-order valence-electron chi connectivity index (χ3n) is 6.10. The van der Waals surface area contributed by atoms with Gasteiger partial charge in [-0.05, 0) is 31.6 Å². The molecule has 0 bridgehead atoms. The molecule has 1 saturated carbocycles.